The number of hydrogen-bond acceptors (Lipinski definition) is 5. The van der Waals surface area contributed by atoms with Gasteiger partial charge < -0.3 is 26.7 Å². The van der Waals surface area contributed by atoms with Crippen molar-refractivity contribution in [1.29, 1.82) is 5.41 Å². The van der Waals surface area contributed by atoms with Crippen molar-refractivity contribution in [2.45, 2.75) is 51.6 Å². The van der Waals surface area contributed by atoms with E-state index in [1.54, 1.807) is 36.3 Å². The van der Waals surface area contributed by atoms with Gasteiger partial charge in [-0.2, -0.15) is 4.98 Å². The molecule has 0 fully saturated rings. The summed E-state index contributed by atoms with van der Waals surface area (Å²) in [6.45, 7) is 5.51. The van der Waals surface area contributed by atoms with Crippen LogP contribution in [-0.4, -0.2) is 51.6 Å². The Morgan fingerprint density at radius 1 is 1.22 bits per heavy atom. The standard InChI is InChI=1S/C30H38ClFN8O/c1-18(33)6-4-7-20-14-24(27(32)25(31)15-20)26-16-22-17-40(30(41)38-28(22)37-26)23-10-8-21(9-11-23)19(2)36-12-5-13-39(3)29(34)35/h8-11,14-19,36H,4-7,12-13,33H2,1-3H3,(H3,34,35)(H,37,38,41)/t18-,19-/m0/s1. The van der Waals surface area contributed by atoms with Gasteiger partial charge in [-0.25, -0.2) is 9.18 Å². The van der Waals surface area contributed by atoms with Gasteiger partial charge in [0, 0.05) is 42.8 Å². The molecule has 0 aliphatic rings. The van der Waals surface area contributed by atoms with Crippen LogP contribution in [0.1, 0.15) is 50.3 Å². The maximum atomic E-state index is 15.1. The fraction of sp³-hybridized carbons (Fsp3) is 0.367. The fourth-order valence-corrected chi connectivity index (χ4v) is 4.98. The largest absolute Gasteiger partial charge is 0.370 e. The molecule has 0 aliphatic carbocycles. The molecule has 0 amide bonds. The smallest absolute Gasteiger partial charge is 0.354 e. The Labute approximate surface area is 244 Å². The zero-order valence-corrected chi connectivity index (χ0v) is 24.4. The van der Waals surface area contributed by atoms with Gasteiger partial charge in [0.25, 0.3) is 0 Å². The molecule has 2 aromatic carbocycles. The first-order chi connectivity index (χ1) is 19.5. The lowest BCUT2D eigenvalue weighted by Gasteiger charge is -2.18. The van der Waals surface area contributed by atoms with E-state index in [4.69, 9.17) is 28.5 Å². The fourth-order valence-electron chi connectivity index (χ4n) is 4.73. The van der Waals surface area contributed by atoms with Crippen LogP contribution >= 0.6 is 11.6 Å². The molecule has 4 aromatic rings. The van der Waals surface area contributed by atoms with Crippen LogP contribution in [0.5, 0.6) is 0 Å². The van der Waals surface area contributed by atoms with Gasteiger partial charge in [-0.1, -0.05) is 23.7 Å². The number of guanidine groups is 1. The average molecular weight is 581 g/mol. The molecule has 2 atom stereocenters. The van der Waals surface area contributed by atoms with Gasteiger partial charge in [0.05, 0.1) is 16.4 Å². The number of benzene rings is 2. The van der Waals surface area contributed by atoms with Crippen LogP contribution in [0.3, 0.4) is 0 Å². The van der Waals surface area contributed by atoms with E-state index in [2.05, 4.69) is 22.2 Å². The third kappa shape index (κ3) is 7.52. The van der Waals surface area contributed by atoms with Gasteiger partial charge in [-0.05, 0) is 87.5 Å². The number of halogens is 2. The number of nitrogens with two attached hydrogens (primary N) is 2. The van der Waals surface area contributed by atoms with Crippen molar-refractivity contribution in [3.63, 3.8) is 0 Å². The Balaban J connectivity index is 1.51. The number of fused-ring (bicyclic) bond motifs is 1. The van der Waals surface area contributed by atoms with Crippen LogP contribution in [0.2, 0.25) is 5.02 Å². The van der Waals surface area contributed by atoms with Gasteiger partial charge in [-0.15, -0.1) is 0 Å². The molecule has 0 unspecified atom stereocenters. The number of aryl methyl sites for hydroxylation is 1. The number of aromatic amines is 1. The second-order valence-corrected chi connectivity index (χ2v) is 11.0. The molecular formula is C30H38ClFN8O. The molecule has 0 saturated heterocycles. The molecule has 0 bridgehead atoms. The number of aromatic nitrogens is 3. The first-order valence-corrected chi connectivity index (χ1v) is 14.2. The molecule has 2 aromatic heterocycles. The lowest BCUT2D eigenvalue weighted by Crippen LogP contribution is -2.35. The Hall–Kier alpha value is -3.73. The molecule has 2 heterocycles. The van der Waals surface area contributed by atoms with E-state index in [1.165, 1.54) is 4.57 Å². The molecule has 218 valence electrons. The van der Waals surface area contributed by atoms with E-state index in [9.17, 15) is 4.79 Å². The zero-order chi connectivity index (χ0) is 29.7. The van der Waals surface area contributed by atoms with Crippen molar-refractivity contribution in [3.05, 3.63) is 81.1 Å². The van der Waals surface area contributed by atoms with Crippen molar-refractivity contribution in [2.75, 3.05) is 20.1 Å². The molecule has 0 spiro atoms. The Morgan fingerprint density at radius 2 is 1.95 bits per heavy atom. The van der Waals surface area contributed by atoms with Crippen LogP contribution in [0.25, 0.3) is 28.0 Å². The highest BCUT2D eigenvalue weighted by Gasteiger charge is 2.16. The summed E-state index contributed by atoms with van der Waals surface area (Å²) in [6.07, 6.45) is 5.03. The number of H-pyrrole nitrogens is 1. The van der Waals surface area contributed by atoms with Gasteiger partial charge in [0.1, 0.15) is 5.65 Å². The first-order valence-electron chi connectivity index (χ1n) is 13.8. The molecule has 9 nitrogen and oxygen atoms in total. The highest BCUT2D eigenvalue weighted by atomic mass is 35.5. The minimum atomic E-state index is -0.520. The predicted molar refractivity (Wildman–Crippen MR) is 164 cm³/mol. The summed E-state index contributed by atoms with van der Waals surface area (Å²) in [5.74, 6) is -0.462. The van der Waals surface area contributed by atoms with Crippen LogP contribution in [0, 0.1) is 11.2 Å². The SMILES string of the molecule is C[C@H](N)CCCc1cc(Cl)c(F)c(-c2cc3cn(-c4ccc([C@H](C)NCCCN(C)C(=N)N)cc4)c(=O)nc3[nH]2)c1. The maximum absolute atomic E-state index is 15.1. The Kier molecular flexibility index (Phi) is 9.80. The van der Waals surface area contributed by atoms with E-state index >= 15 is 4.39 Å². The van der Waals surface area contributed by atoms with E-state index in [-0.39, 0.29) is 23.1 Å². The number of nitrogens with zero attached hydrogens (tertiary/aromatic N) is 3. The van der Waals surface area contributed by atoms with Gasteiger partial charge in [-0.3, -0.25) is 9.98 Å². The van der Waals surface area contributed by atoms with E-state index < -0.39 is 11.5 Å². The molecule has 7 N–H and O–H groups in total. The summed E-state index contributed by atoms with van der Waals surface area (Å²) in [5.41, 5.74) is 14.8. The molecule has 41 heavy (non-hydrogen) atoms. The summed E-state index contributed by atoms with van der Waals surface area (Å²) < 4.78 is 16.5. The summed E-state index contributed by atoms with van der Waals surface area (Å²) in [5, 5.41) is 11.6. The Bertz CT molecular complexity index is 1560. The highest BCUT2D eigenvalue weighted by molar-refractivity contribution is 6.31. The second-order valence-electron chi connectivity index (χ2n) is 10.6. The monoisotopic (exact) mass is 580 g/mol. The summed E-state index contributed by atoms with van der Waals surface area (Å²) in [4.78, 5) is 21.9. The molecular weight excluding hydrogens is 543 g/mol. The van der Waals surface area contributed by atoms with E-state index in [0.717, 1.165) is 43.4 Å². The van der Waals surface area contributed by atoms with E-state index in [1.807, 2.05) is 31.2 Å². The zero-order valence-electron chi connectivity index (χ0n) is 23.7. The van der Waals surface area contributed by atoms with Gasteiger partial charge in [0.15, 0.2) is 11.8 Å². The van der Waals surface area contributed by atoms with Crippen molar-refractivity contribution >= 4 is 28.6 Å². The summed E-state index contributed by atoms with van der Waals surface area (Å²) >= 11 is 6.23. The lowest BCUT2D eigenvalue weighted by atomic mass is 10.0. The molecule has 0 saturated carbocycles. The molecule has 0 radical (unpaired) electrons. The average Bonchev–Trinajstić information content (AvgIpc) is 3.34. The van der Waals surface area contributed by atoms with Crippen LogP contribution in [0.15, 0.2) is 53.5 Å². The maximum Gasteiger partial charge on any atom is 0.354 e. The minimum absolute atomic E-state index is 0.0525. The highest BCUT2D eigenvalue weighted by Crippen LogP contribution is 2.31. The third-order valence-electron chi connectivity index (χ3n) is 7.21. The van der Waals surface area contributed by atoms with Crippen LogP contribution in [0.4, 0.5) is 4.39 Å². The quantitative estimate of drug-likeness (QED) is 0.0933. The number of nitrogens with one attached hydrogen (secondary N) is 3. The van der Waals surface area contributed by atoms with E-state index in [0.29, 0.717) is 34.5 Å². The Morgan fingerprint density at radius 3 is 2.63 bits per heavy atom. The van der Waals surface area contributed by atoms with Crippen molar-refractivity contribution < 1.29 is 4.39 Å². The first kappa shape index (κ1) is 30.2. The topological polar surface area (TPSA) is 142 Å². The number of hydrogen-bond donors (Lipinski definition) is 5. The van der Waals surface area contributed by atoms with Crippen LogP contribution in [-0.2, 0) is 6.42 Å². The van der Waals surface area contributed by atoms with Gasteiger partial charge >= 0.3 is 5.69 Å². The molecule has 11 heteroatoms. The summed E-state index contributed by atoms with van der Waals surface area (Å²) in [7, 11) is 1.80. The van der Waals surface area contributed by atoms with Crippen LogP contribution < -0.4 is 22.5 Å². The molecule has 4 rings (SSSR count). The van der Waals surface area contributed by atoms with Crippen molar-refractivity contribution in [2.24, 2.45) is 11.5 Å². The van der Waals surface area contributed by atoms with Crippen molar-refractivity contribution in [3.8, 4) is 16.9 Å². The minimum Gasteiger partial charge on any atom is -0.370 e. The number of rotatable bonds is 12. The second kappa shape index (κ2) is 13.3. The lowest BCUT2D eigenvalue weighted by molar-refractivity contribution is 0.454. The normalized spacial score (nSPS) is 12.9. The van der Waals surface area contributed by atoms with Gasteiger partial charge in [0.2, 0.25) is 0 Å². The van der Waals surface area contributed by atoms with Crippen molar-refractivity contribution in [1.82, 2.24) is 24.8 Å². The summed E-state index contributed by atoms with van der Waals surface area (Å²) in [6, 6.07) is 13.1. The predicted octanol–water partition coefficient (Wildman–Crippen LogP) is 4.71. The third-order valence-corrected chi connectivity index (χ3v) is 7.49. The molecule has 0 aliphatic heterocycles.